The number of rotatable bonds is 11. The van der Waals surface area contributed by atoms with Crippen molar-refractivity contribution in [3.8, 4) is 0 Å². The molecule has 0 aliphatic carbocycles. The lowest BCUT2D eigenvalue weighted by molar-refractivity contribution is 0.0478. The molecule has 15 heavy (non-hydrogen) atoms. The van der Waals surface area contributed by atoms with Crippen molar-refractivity contribution in [2.45, 2.75) is 71.0 Å². The zero-order valence-corrected chi connectivity index (χ0v) is 10.2. The highest BCUT2D eigenvalue weighted by atomic mass is 16.8. The van der Waals surface area contributed by atoms with E-state index in [-0.39, 0.29) is 6.29 Å². The van der Waals surface area contributed by atoms with Crippen LogP contribution in [0.5, 0.6) is 0 Å². The number of ether oxygens (including phenoxy) is 2. The van der Waals surface area contributed by atoms with Gasteiger partial charge in [0, 0.05) is 6.61 Å². The molecule has 2 heteroatoms. The van der Waals surface area contributed by atoms with Crippen molar-refractivity contribution in [2.75, 3.05) is 13.2 Å². The Kier molecular flexibility index (Phi) is 7.94. The van der Waals surface area contributed by atoms with Gasteiger partial charge in [0.25, 0.3) is 0 Å². The van der Waals surface area contributed by atoms with E-state index in [1.54, 1.807) is 0 Å². The maximum absolute atomic E-state index is 5.39. The molecular weight excluding hydrogens is 188 g/mol. The number of hydrogen-bond acceptors (Lipinski definition) is 2. The Balaban J connectivity index is 1.62. The number of hydrogen-bond donors (Lipinski definition) is 0. The molecule has 0 aromatic carbocycles. The molecule has 0 spiro atoms. The van der Waals surface area contributed by atoms with Crippen molar-refractivity contribution >= 4 is 0 Å². The van der Waals surface area contributed by atoms with Crippen molar-refractivity contribution in [3.05, 3.63) is 0 Å². The van der Waals surface area contributed by atoms with Gasteiger partial charge >= 0.3 is 0 Å². The normalized spacial score (nSPS) is 19.4. The van der Waals surface area contributed by atoms with E-state index in [0.717, 1.165) is 13.2 Å². The lowest BCUT2D eigenvalue weighted by atomic mass is 10.1. The van der Waals surface area contributed by atoms with Crippen molar-refractivity contribution in [3.63, 3.8) is 0 Å². The van der Waals surface area contributed by atoms with Crippen LogP contribution in [-0.4, -0.2) is 19.5 Å². The van der Waals surface area contributed by atoms with Crippen LogP contribution in [0.25, 0.3) is 0 Å². The molecular formula is C13H26O2. The molecule has 2 nitrogen and oxygen atoms in total. The van der Waals surface area contributed by atoms with Gasteiger partial charge in [-0.25, -0.2) is 0 Å². The Morgan fingerprint density at radius 3 is 2.00 bits per heavy atom. The summed E-state index contributed by atoms with van der Waals surface area (Å²) in [5.41, 5.74) is 0. The Bertz CT molecular complexity index is 132. The molecule has 1 unspecified atom stereocenters. The Morgan fingerprint density at radius 1 is 0.933 bits per heavy atom. The fraction of sp³-hybridized carbons (Fsp3) is 1.00. The zero-order valence-electron chi connectivity index (χ0n) is 10.2. The Labute approximate surface area is 94.3 Å². The maximum atomic E-state index is 5.39. The molecule has 1 aliphatic heterocycles. The van der Waals surface area contributed by atoms with Crippen LogP contribution in [-0.2, 0) is 9.47 Å². The van der Waals surface area contributed by atoms with Crippen LogP contribution in [0.4, 0.5) is 0 Å². The van der Waals surface area contributed by atoms with E-state index in [1.165, 1.54) is 57.8 Å². The quantitative estimate of drug-likeness (QED) is 0.384. The van der Waals surface area contributed by atoms with Gasteiger partial charge in [-0.3, -0.25) is 0 Å². The predicted octanol–water partition coefficient (Wildman–Crippen LogP) is 3.89. The first-order valence-electron chi connectivity index (χ1n) is 6.66. The SMILES string of the molecule is CCCCCCCCCCCOC1CO1. The summed E-state index contributed by atoms with van der Waals surface area (Å²) in [7, 11) is 0. The van der Waals surface area contributed by atoms with Crippen LogP contribution in [0.2, 0.25) is 0 Å². The van der Waals surface area contributed by atoms with Gasteiger partial charge in [-0.15, -0.1) is 0 Å². The van der Waals surface area contributed by atoms with Crippen molar-refractivity contribution in [1.29, 1.82) is 0 Å². The molecule has 0 bridgehead atoms. The largest absolute Gasteiger partial charge is 0.350 e. The minimum atomic E-state index is 0.152. The van der Waals surface area contributed by atoms with Crippen LogP contribution < -0.4 is 0 Å². The molecule has 1 saturated heterocycles. The van der Waals surface area contributed by atoms with Crippen molar-refractivity contribution in [2.24, 2.45) is 0 Å². The van der Waals surface area contributed by atoms with E-state index in [4.69, 9.17) is 9.47 Å². The predicted molar refractivity (Wildman–Crippen MR) is 62.9 cm³/mol. The standard InChI is InChI=1S/C13H26O2/c1-2-3-4-5-6-7-8-9-10-11-14-13-12-15-13/h13H,2-12H2,1H3. The van der Waals surface area contributed by atoms with Crippen LogP contribution >= 0.6 is 0 Å². The summed E-state index contributed by atoms with van der Waals surface area (Å²) in [6.45, 7) is 3.97. The second-order valence-electron chi connectivity index (χ2n) is 4.46. The zero-order chi connectivity index (χ0) is 10.8. The average molecular weight is 214 g/mol. The smallest absolute Gasteiger partial charge is 0.181 e. The van der Waals surface area contributed by atoms with E-state index < -0.39 is 0 Å². The van der Waals surface area contributed by atoms with E-state index in [9.17, 15) is 0 Å². The fourth-order valence-electron chi connectivity index (χ4n) is 1.76. The van der Waals surface area contributed by atoms with Crippen molar-refractivity contribution < 1.29 is 9.47 Å². The Hall–Kier alpha value is -0.0800. The molecule has 0 radical (unpaired) electrons. The summed E-state index contributed by atoms with van der Waals surface area (Å²) in [6.07, 6.45) is 12.5. The summed E-state index contributed by atoms with van der Waals surface area (Å²) in [5, 5.41) is 0. The van der Waals surface area contributed by atoms with Crippen LogP contribution in [0, 0.1) is 0 Å². The van der Waals surface area contributed by atoms with Crippen LogP contribution in [0.15, 0.2) is 0 Å². The van der Waals surface area contributed by atoms with E-state index in [1.807, 2.05) is 0 Å². The second-order valence-corrected chi connectivity index (χ2v) is 4.46. The molecule has 90 valence electrons. The Morgan fingerprint density at radius 2 is 1.47 bits per heavy atom. The van der Waals surface area contributed by atoms with Gasteiger partial charge in [0.05, 0.1) is 0 Å². The summed E-state index contributed by atoms with van der Waals surface area (Å²) in [5.74, 6) is 0. The fourth-order valence-corrected chi connectivity index (χ4v) is 1.76. The summed E-state index contributed by atoms with van der Waals surface area (Å²) < 4.78 is 10.4. The number of unbranched alkanes of at least 4 members (excludes halogenated alkanes) is 8. The van der Waals surface area contributed by atoms with Gasteiger partial charge in [-0.05, 0) is 6.42 Å². The molecule has 0 aromatic rings. The molecule has 0 saturated carbocycles. The highest BCUT2D eigenvalue weighted by molar-refractivity contribution is 4.55. The third-order valence-electron chi connectivity index (χ3n) is 2.85. The van der Waals surface area contributed by atoms with E-state index in [0.29, 0.717) is 0 Å². The monoisotopic (exact) mass is 214 g/mol. The van der Waals surface area contributed by atoms with E-state index >= 15 is 0 Å². The lowest BCUT2D eigenvalue weighted by Crippen LogP contribution is -1.97. The second kappa shape index (κ2) is 9.17. The topological polar surface area (TPSA) is 21.8 Å². The minimum absolute atomic E-state index is 0.152. The first-order valence-corrected chi connectivity index (χ1v) is 6.66. The third-order valence-corrected chi connectivity index (χ3v) is 2.85. The molecule has 1 aliphatic rings. The highest BCUT2D eigenvalue weighted by Crippen LogP contribution is 2.12. The first-order chi connectivity index (χ1) is 7.43. The molecule has 1 atom stereocenters. The van der Waals surface area contributed by atoms with Gasteiger partial charge in [0.15, 0.2) is 6.29 Å². The van der Waals surface area contributed by atoms with Crippen LogP contribution in [0.3, 0.4) is 0 Å². The summed E-state index contributed by atoms with van der Waals surface area (Å²) >= 11 is 0. The van der Waals surface area contributed by atoms with Gasteiger partial charge in [-0.1, -0.05) is 58.3 Å². The van der Waals surface area contributed by atoms with Crippen molar-refractivity contribution in [1.82, 2.24) is 0 Å². The van der Waals surface area contributed by atoms with Crippen LogP contribution in [0.1, 0.15) is 64.7 Å². The number of epoxide rings is 1. The summed E-state index contributed by atoms with van der Waals surface area (Å²) in [4.78, 5) is 0. The van der Waals surface area contributed by atoms with E-state index in [2.05, 4.69) is 6.92 Å². The molecule has 1 heterocycles. The third kappa shape index (κ3) is 8.88. The minimum Gasteiger partial charge on any atom is -0.350 e. The van der Waals surface area contributed by atoms with Gasteiger partial charge < -0.3 is 9.47 Å². The molecule has 0 N–H and O–H groups in total. The van der Waals surface area contributed by atoms with Gasteiger partial charge in [0.1, 0.15) is 6.61 Å². The molecule has 0 amide bonds. The highest BCUT2D eigenvalue weighted by Gasteiger charge is 2.22. The lowest BCUT2D eigenvalue weighted by Gasteiger charge is -2.02. The van der Waals surface area contributed by atoms with Gasteiger partial charge in [-0.2, -0.15) is 0 Å². The molecule has 1 rings (SSSR count). The van der Waals surface area contributed by atoms with Gasteiger partial charge in [0.2, 0.25) is 0 Å². The average Bonchev–Trinajstić information content (AvgIpc) is 3.05. The first kappa shape index (κ1) is 13.0. The summed E-state index contributed by atoms with van der Waals surface area (Å²) in [6, 6.07) is 0. The maximum Gasteiger partial charge on any atom is 0.181 e. The molecule has 0 aromatic heterocycles. The molecule has 1 fully saturated rings.